The number of rotatable bonds is 6. The maximum atomic E-state index is 12.8. The summed E-state index contributed by atoms with van der Waals surface area (Å²) in [7, 11) is 3.10. The lowest BCUT2D eigenvalue weighted by Crippen LogP contribution is -2.40. The molecule has 0 radical (unpaired) electrons. The zero-order valence-electron chi connectivity index (χ0n) is 15.2. The van der Waals surface area contributed by atoms with Crippen molar-refractivity contribution >= 4 is 29.3 Å². The lowest BCUT2D eigenvalue weighted by molar-refractivity contribution is -0.140. The predicted octanol–water partition coefficient (Wildman–Crippen LogP) is 3.38. The fourth-order valence-corrected chi connectivity index (χ4v) is 3.93. The van der Waals surface area contributed by atoms with E-state index in [9.17, 15) is 14.7 Å². The van der Waals surface area contributed by atoms with Crippen LogP contribution in [0.2, 0.25) is 0 Å². The van der Waals surface area contributed by atoms with Crippen molar-refractivity contribution in [2.75, 3.05) is 20.8 Å². The van der Waals surface area contributed by atoms with E-state index in [0.29, 0.717) is 24.5 Å². The molecule has 142 valence electrons. The normalized spacial score (nSPS) is 16.2. The van der Waals surface area contributed by atoms with Gasteiger partial charge in [0.2, 0.25) is 5.91 Å². The van der Waals surface area contributed by atoms with E-state index in [1.807, 2.05) is 23.6 Å². The highest BCUT2D eigenvalue weighted by molar-refractivity contribution is 7.10. The van der Waals surface area contributed by atoms with Crippen LogP contribution in [0.15, 0.2) is 35.7 Å². The minimum atomic E-state index is -0.956. The van der Waals surface area contributed by atoms with Gasteiger partial charge >= 0.3 is 5.97 Å². The van der Waals surface area contributed by atoms with Crippen LogP contribution in [0.3, 0.4) is 0 Å². The number of benzene rings is 1. The van der Waals surface area contributed by atoms with Gasteiger partial charge < -0.3 is 19.5 Å². The Morgan fingerprint density at radius 1 is 1.30 bits per heavy atom. The number of carboxylic acid groups (broad SMARTS) is 1. The third kappa shape index (κ3) is 4.14. The quantitative estimate of drug-likeness (QED) is 0.769. The van der Waals surface area contributed by atoms with Gasteiger partial charge in [0.15, 0.2) is 11.5 Å². The summed E-state index contributed by atoms with van der Waals surface area (Å²) in [6.45, 7) is 0.452. The molecule has 1 N–H and O–H groups in total. The number of carbonyl (C=O) groups is 2. The molecule has 0 bridgehead atoms. The van der Waals surface area contributed by atoms with Gasteiger partial charge in [0, 0.05) is 17.5 Å². The molecule has 1 atom stereocenters. The number of thiophene rings is 1. The standard InChI is InChI=1S/C20H21NO5S/c1-25-17-10-13-7-8-21(19(22)6-5-14-4-3-9-27-14)16(12-20(23)24)15(13)11-18(17)26-2/h3-6,9-11,16H,7-8,12H2,1-2H3,(H,23,24). The van der Waals surface area contributed by atoms with E-state index in [1.54, 1.807) is 24.2 Å². The average molecular weight is 387 g/mol. The topological polar surface area (TPSA) is 76.1 Å². The fraction of sp³-hybridized carbons (Fsp3) is 0.300. The van der Waals surface area contributed by atoms with E-state index in [1.165, 1.54) is 24.5 Å². The number of hydrogen-bond donors (Lipinski definition) is 1. The Morgan fingerprint density at radius 3 is 2.67 bits per heavy atom. The maximum absolute atomic E-state index is 12.8. The summed E-state index contributed by atoms with van der Waals surface area (Å²) in [5.74, 6) is -0.0319. The highest BCUT2D eigenvalue weighted by Gasteiger charge is 2.32. The predicted molar refractivity (Wildman–Crippen MR) is 103 cm³/mol. The van der Waals surface area contributed by atoms with Gasteiger partial charge in [0.05, 0.1) is 26.7 Å². The van der Waals surface area contributed by atoms with Crippen molar-refractivity contribution in [2.45, 2.75) is 18.9 Å². The molecule has 1 aliphatic rings. The van der Waals surface area contributed by atoms with Crippen molar-refractivity contribution in [1.29, 1.82) is 0 Å². The van der Waals surface area contributed by atoms with Crippen molar-refractivity contribution < 1.29 is 24.2 Å². The van der Waals surface area contributed by atoms with Crippen LogP contribution in [-0.4, -0.2) is 42.6 Å². The van der Waals surface area contributed by atoms with Gasteiger partial charge in [-0.3, -0.25) is 9.59 Å². The second kappa shape index (κ2) is 8.26. The Bertz CT molecular complexity index is 860. The number of hydrogen-bond acceptors (Lipinski definition) is 5. The van der Waals surface area contributed by atoms with E-state index in [2.05, 4.69) is 0 Å². The van der Waals surface area contributed by atoms with Gasteiger partial charge in [-0.25, -0.2) is 0 Å². The van der Waals surface area contributed by atoms with E-state index in [-0.39, 0.29) is 12.3 Å². The molecular weight excluding hydrogens is 366 g/mol. The van der Waals surface area contributed by atoms with E-state index >= 15 is 0 Å². The molecule has 1 unspecified atom stereocenters. The average Bonchev–Trinajstić information content (AvgIpc) is 3.18. The molecule has 0 saturated carbocycles. The molecule has 0 spiro atoms. The first-order chi connectivity index (χ1) is 13.0. The number of carboxylic acids is 1. The SMILES string of the molecule is COc1cc2c(cc1OC)C(CC(=O)O)N(C(=O)C=Cc1cccs1)CC2. The summed E-state index contributed by atoms with van der Waals surface area (Å²) in [5, 5.41) is 11.3. The summed E-state index contributed by atoms with van der Waals surface area (Å²) >= 11 is 1.54. The number of methoxy groups -OCH3 is 2. The van der Waals surface area contributed by atoms with Crippen LogP contribution in [-0.2, 0) is 16.0 Å². The number of amides is 1. The smallest absolute Gasteiger partial charge is 0.305 e. The van der Waals surface area contributed by atoms with Gasteiger partial charge in [-0.15, -0.1) is 11.3 Å². The molecule has 0 saturated heterocycles. The van der Waals surface area contributed by atoms with Crippen LogP contribution >= 0.6 is 11.3 Å². The minimum absolute atomic E-state index is 0.166. The van der Waals surface area contributed by atoms with Gasteiger partial charge in [-0.05, 0) is 47.2 Å². The molecule has 2 heterocycles. The summed E-state index contributed by atoms with van der Waals surface area (Å²) in [6, 6.07) is 6.94. The molecule has 6 nitrogen and oxygen atoms in total. The second-order valence-electron chi connectivity index (χ2n) is 6.15. The first-order valence-electron chi connectivity index (χ1n) is 8.52. The fourth-order valence-electron chi connectivity index (χ4n) is 3.31. The summed E-state index contributed by atoms with van der Waals surface area (Å²) < 4.78 is 10.7. The molecule has 27 heavy (non-hydrogen) atoms. The van der Waals surface area contributed by atoms with Crippen LogP contribution in [0.25, 0.3) is 6.08 Å². The maximum Gasteiger partial charge on any atom is 0.305 e. The summed E-state index contributed by atoms with van der Waals surface area (Å²) in [5.41, 5.74) is 1.77. The molecule has 1 aromatic heterocycles. The van der Waals surface area contributed by atoms with Crippen molar-refractivity contribution in [2.24, 2.45) is 0 Å². The minimum Gasteiger partial charge on any atom is -0.493 e. The van der Waals surface area contributed by atoms with Crippen molar-refractivity contribution in [3.63, 3.8) is 0 Å². The number of ether oxygens (including phenoxy) is 2. The van der Waals surface area contributed by atoms with Crippen LogP contribution in [0.4, 0.5) is 0 Å². The Kier molecular flexibility index (Phi) is 5.81. The molecule has 7 heteroatoms. The van der Waals surface area contributed by atoms with Gasteiger partial charge in [0.25, 0.3) is 0 Å². The van der Waals surface area contributed by atoms with Crippen LogP contribution in [0.5, 0.6) is 11.5 Å². The first-order valence-corrected chi connectivity index (χ1v) is 9.40. The van der Waals surface area contributed by atoms with Gasteiger partial charge in [0.1, 0.15) is 0 Å². The van der Waals surface area contributed by atoms with E-state index < -0.39 is 12.0 Å². The number of aliphatic carboxylic acids is 1. The largest absolute Gasteiger partial charge is 0.493 e. The number of fused-ring (bicyclic) bond motifs is 1. The summed E-state index contributed by atoms with van der Waals surface area (Å²) in [4.78, 5) is 26.8. The van der Waals surface area contributed by atoms with Gasteiger partial charge in [-0.2, -0.15) is 0 Å². The molecule has 0 aliphatic carbocycles. The molecular formula is C20H21NO5S. The molecule has 3 rings (SSSR count). The Morgan fingerprint density at radius 2 is 2.04 bits per heavy atom. The zero-order valence-corrected chi connectivity index (χ0v) is 16.0. The molecule has 0 fully saturated rings. The lowest BCUT2D eigenvalue weighted by Gasteiger charge is -2.36. The highest BCUT2D eigenvalue weighted by Crippen LogP contribution is 2.39. The number of nitrogens with zero attached hydrogens (tertiary/aromatic N) is 1. The first kappa shape index (κ1) is 19.0. The van der Waals surface area contributed by atoms with Crippen LogP contribution in [0, 0.1) is 0 Å². The number of carbonyl (C=O) groups excluding carboxylic acids is 1. The Labute approximate surface area is 161 Å². The second-order valence-corrected chi connectivity index (χ2v) is 7.13. The van der Waals surface area contributed by atoms with E-state index in [4.69, 9.17) is 9.47 Å². The highest BCUT2D eigenvalue weighted by atomic mass is 32.1. The lowest BCUT2D eigenvalue weighted by atomic mass is 9.90. The zero-order chi connectivity index (χ0) is 19.4. The van der Waals surface area contributed by atoms with Crippen molar-refractivity contribution in [1.82, 2.24) is 4.90 Å². The van der Waals surface area contributed by atoms with Crippen molar-refractivity contribution in [3.8, 4) is 11.5 Å². The third-order valence-corrected chi connectivity index (χ3v) is 5.42. The van der Waals surface area contributed by atoms with Crippen LogP contribution < -0.4 is 9.47 Å². The van der Waals surface area contributed by atoms with Crippen molar-refractivity contribution in [3.05, 3.63) is 51.7 Å². The molecule has 1 aromatic carbocycles. The Balaban J connectivity index is 1.94. The molecule has 2 aromatic rings. The van der Waals surface area contributed by atoms with E-state index in [0.717, 1.165) is 16.0 Å². The third-order valence-electron chi connectivity index (χ3n) is 4.59. The molecule has 1 amide bonds. The van der Waals surface area contributed by atoms with Crippen LogP contribution in [0.1, 0.15) is 28.5 Å². The monoisotopic (exact) mass is 387 g/mol. The summed E-state index contributed by atoms with van der Waals surface area (Å²) in [6.07, 6.45) is 3.73. The molecule has 1 aliphatic heterocycles. The Hall–Kier alpha value is -2.80. The van der Waals surface area contributed by atoms with Gasteiger partial charge in [-0.1, -0.05) is 6.07 Å².